The Bertz CT molecular complexity index is 1380. The van der Waals surface area contributed by atoms with Crippen LogP contribution in [0.5, 0.6) is 11.5 Å². The second-order valence-corrected chi connectivity index (χ2v) is 8.31. The van der Waals surface area contributed by atoms with Crippen molar-refractivity contribution in [3.05, 3.63) is 64.2 Å². The van der Waals surface area contributed by atoms with Crippen LogP contribution in [-0.4, -0.2) is 53.1 Å². The Labute approximate surface area is 191 Å². The van der Waals surface area contributed by atoms with Gasteiger partial charge >= 0.3 is 0 Å². The number of ether oxygens (including phenoxy) is 2. The normalized spacial score (nSPS) is 15.0. The Morgan fingerprint density at radius 2 is 1.94 bits per heavy atom. The van der Waals surface area contributed by atoms with E-state index in [-0.39, 0.29) is 5.56 Å². The van der Waals surface area contributed by atoms with Crippen LogP contribution in [0.15, 0.2) is 52.6 Å². The van der Waals surface area contributed by atoms with Crippen molar-refractivity contribution in [1.29, 1.82) is 0 Å². The molecule has 0 saturated carbocycles. The van der Waals surface area contributed by atoms with E-state index in [1.54, 1.807) is 20.4 Å². The topological polar surface area (TPSA) is 84.7 Å². The fourth-order valence-corrected chi connectivity index (χ4v) is 4.42. The van der Waals surface area contributed by atoms with Gasteiger partial charge in [0.05, 0.1) is 20.4 Å². The van der Waals surface area contributed by atoms with Crippen molar-refractivity contribution in [2.75, 3.05) is 27.3 Å². The molecule has 4 aromatic rings. The van der Waals surface area contributed by atoms with Gasteiger partial charge < -0.3 is 14.5 Å². The van der Waals surface area contributed by atoms with Gasteiger partial charge in [0.25, 0.3) is 5.56 Å². The first-order valence-corrected chi connectivity index (χ1v) is 11.2. The van der Waals surface area contributed by atoms with Crippen molar-refractivity contribution < 1.29 is 9.47 Å². The molecule has 2 aromatic heterocycles. The number of nitrogens with zero attached hydrogens (tertiary/aromatic N) is 4. The summed E-state index contributed by atoms with van der Waals surface area (Å²) in [6.45, 7) is 3.06. The van der Waals surface area contributed by atoms with Crippen molar-refractivity contribution >= 4 is 28.2 Å². The maximum Gasteiger partial charge on any atom is 0.298 e. The highest BCUT2D eigenvalue weighted by Gasteiger charge is 2.14. The summed E-state index contributed by atoms with van der Waals surface area (Å²) in [5.41, 5.74) is 3.61. The van der Waals surface area contributed by atoms with E-state index < -0.39 is 0 Å². The van der Waals surface area contributed by atoms with Crippen LogP contribution in [-0.2, 0) is 6.54 Å². The molecule has 33 heavy (non-hydrogen) atoms. The van der Waals surface area contributed by atoms with E-state index in [0.29, 0.717) is 16.8 Å². The van der Waals surface area contributed by atoms with Gasteiger partial charge in [-0.15, -0.1) is 0 Å². The number of hydrogen-bond donors (Lipinski definition) is 1. The van der Waals surface area contributed by atoms with Crippen LogP contribution in [0.1, 0.15) is 30.4 Å². The largest absolute Gasteiger partial charge is 0.497 e. The number of aromatic nitrogens is 3. The molecule has 170 valence electrons. The zero-order valence-electron chi connectivity index (χ0n) is 18.9. The summed E-state index contributed by atoms with van der Waals surface area (Å²) < 4.78 is 12.1. The minimum Gasteiger partial charge on any atom is -0.497 e. The molecule has 0 aliphatic carbocycles. The van der Waals surface area contributed by atoms with Crippen molar-refractivity contribution in [1.82, 2.24) is 19.5 Å². The van der Waals surface area contributed by atoms with E-state index in [0.717, 1.165) is 47.4 Å². The second-order valence-electron chi connectivity index (χ2n) is 8.31. The molecule has 8 nitrogen and oxygen atoms in total. The van der Waals surface area contributed by atoms with E-state index in [1.807, 2.05) is 30.3 Å². The summed E-state index contributed by atoms with van der Waals surface area (Å²) >= 11 is 0. The zero-order chi connectivity index (χ0) is 22.8. The summed E-state index contributed by atoms with van der Waals surface area (Å²) in [5.74, 6) is 1.58. The highest BCUT2D eigenvalue weighted by molar-refractivity contribution is 6.04. The Morgan fingerprint density at radius 1 is 1.09 bits per heavy atom. The number of rotatable bonds is 6. The van der Waals surface area contributed by atoms with Crippen LogP contribution < -0.4 is 15.0 Å². The van der Waals surface area contributed by atoms with Crippen molar-refractivity contribution in [3.8, 4) is 11.5 Å². The highest BCUT2D eigenvalue weighted by atomic mass is 16.5. The number of nitrogens with one attached hydrogen (secondary N) is 1. The van der Waals surface area contributed by atoms with Gasteiger partial charge in [-0.25, -0.2) is 4.98 Å². The molecule has 0 atom stereocenters. The minimum atomic E-state index is -0.256. The minimum absolute atomic E-state index is 0.256. The summed E-state index contributed by atoms with van der Waals surface area (Å²) in [4.78, 5) is 23.1. The van der Waals surface area contributed by atoms with E-state index in [9.17, 15) is 4.79 Å². The molecule has 1 aliphatic heterocycles. The van der Waals surface area contributed by atoms with Crippen LogP contribution in [0.3, 0.4) is 0 Å². The molecule has 2 aromatic carbocycles. The van der Waals surface area contributed by atoms with Crippen LogP contribution >= 0.6 is 0 Å². The third-order valence-electron chi connectivity index (χ3n) is 6.17. The maximum atomic E-state index is 13.0. The van der Waals surface area contributed by atoms with Gasteiger partial charge in [0.2, 0.25) is 0 Å². The average Bonchev–Trinajstić information content (AvgIpc) is 3.23. The number of aromatic amines is 1. The smallest absolute Gasteiger partial charge is 0.298 e. The summed E-state index contributed by atoms with van der Waals surface area (Å²) in [5, 5.41) is 5.23. The zero-order valence-corrected chi connectivity index (χ0v) is 18.9. The molecular formula is C25H27N5O3. The number of likely N-dealkylation sites (tertiary alicyclic amines) is 1. The van der Waals surface area contributed by atoms with Gasteiger partial charge in [-0.1, -0.05) is 6.42 Å². The lowest BCUT2D eigenvalue weighted by Crippen LogP contribution is -2.29. The highest BCUT2D eigenvalue weighted by Crippen LogP contribution is 2.26. The van der Waals surface area contributed by atoms with Crippen molar-refractivity contribution in [2.45, 2.75) is 25.8 Å². The molecule has 0 amide bonds. The first kappa shape index (κ1) is 21.2. The van der Waals surface area contributed by atoms with Gasteiger partial charge in [-0.05, 0) is 67.9 Å². The van der Waals surface area contributed by atoms with Gasteiger partial charge in [0.1, 0.15) is 28.9 Å². The van der Waals surface area contributed by atoms with Crippen LogP contribution in [0, 0.1) is 0 Å². The number of benzene rings is 2. The Kier molecular flexibility index (Phi) is 5.83. The standard InChI is InChI=1S/C25H27N5O3/c1-32-19-7-8-21-20(13-19)23-24(28-21)25(31)30(16-26-23)27-14-17-6-9-22(33-2)18(12-17)15-29-10-4-3-5-11-29/h6-9,12-14,16,28H,3-5,10-11,15H2,1-2H3/b27-14-. The number of H-pyrrole nitrogens is 1. The van der Waals surface area contributed by atoms with Gasteiger partial charge in [-0.2, -0.15) is 9.78 Å². The summed E-state index contributed by atoms with van der Waals surface area (Å²) in [7, 11) is 3.31. The number of hydrogen-bond acceptors (Lipinski definition) is 6. The lowest BCUT2D eigenvalue weighted by Gasteiger charge is -2.27. The van der Waals surface area contributed by atoms with E-state index >= 15 is 0 Å². The fourth-order valence-electron chi connectivity index (χ4n) is 4.42. The molecule has 0 radical (unpaired) electrons. The van der Waals surface area contributed by atoms with Crippen molar-refractivity contribution in [2.24, 2.45) is 5.10 Å². The van der Waals surface area contributed by atoms with E-state index in [1.165, 1.54) is 30.3 Å². The SMILES string of the molecule is COc1ccc2[nH]c3c(=O)n(/N=C\c4ccc(OC)c(CN5CCCCC5)c4)cnc3c2c1. The average molecular weight is 446 g/mol. The quantitative estimate of drug-likeness (QED) is 0.457. The molecule has 0 unspecified atom stereocenters. The van der Waals surface area contributed by atoms with Crippen molar-refractivity contribution in [3.63, 3.8) is 0 Å². The first-order valence-electron chi connectivity index (χ1n) is 11.2. The molecular weight excluding hydrogens is 418 g/mol. The molecule has 3 heterocycles. The lowest BCUT2D eigenvalue weighted by atomic mass is 10.1. The van der Waals surface area contributed by atoms with E-state index in [2.05, 4.69) is 26.0 Å². The predicted octanol–water partition coefficient (Wildman–Crippen LogP) is 3.76. The summed E-state index contributed by atoms with van der Waals surface area (Å²) in [6, 6.07) is 11.6. The fraction of sp³-hybridized carbons (Fsp3) is 0.320. The van der Waals surface area contributed by atoms with Crippen LogP contribution in [0.2, 0.25) is 0 Å². The molecule has 1 fully saturated rings. The Hall–Kier alpha value is -3.65. The lowest BCUT2D eigenvalue weighted by molar-refractivity contribution is 0.218. The van der Waals surface area contributed by atoms with Crippen LogP contribution in [0.4, 0.5) is 0 Å². The molecule has 1 aliphatic rings. The Balaban J connectivity index is 1.45. The monoisotopic (exact) mass is 445 g/mol. The van der Waals surface area contributed by atoms with Gasteiger partial charge in [0.15, 0.2) is 0 Å². The van der Waals surface area contributed by atoms with Crippen LogP contribution in [0.25, 0.3) is 21.9 Å². The Morgan fingerprint density at radius 3 is 2.73 bits per heavy atom. The maximum absolute atomic E-state index is 13.0. The first-order chi connectivity index (χ1) is 16.2. The molecule has 0 spiro atoms. The number of methoxy groups -OCH3 is 2. The predicted molar refractivity (Wildman–Crippen MR) is 130 cm³/mol. The molecule has 1 saturated heterocycles. The third-order valence-corrected chi connectivity index (χ3v) is 6.17. The van der Waals surface area contributed by atoms with E-state index in [4.69, 9.17) is 9.47 Å². The molecule has 8 heteroatoms. The molecule has 1 N–H and O–H groups in total. The second kappa shape index (κ2) is 9.07. The summed E-state index contributed by atoms with van der Waals surface area (Å²) in [6.07, 6.45) is 6.91. The van der Waals surface area contributed by atoms with Gasteiger partial charge in [0, 0.05) is 23.0 Å². The molecule has 0 bridgehead atoms. The number of fused-ring (bicyclic) bond motifs is 3. The number of piperidine rings is 1. The van der Waals surface area contributed by atoms with Gasteiger partial charge in [-0.3, -0.25) is 9.69 Å². The molecule has 5 rings (SSSR count). The third kappa shape index (κ3) is 4.21.